The summed E-state index contributed by atoms with van der Waals surface area (Å²) in [6, 6.07) is 8.22. The number of nitrogens with zero attached hydrogens (tertiary/aromatic N) is 3. The van der Waals surface area contributed by atoms with Gasteiger partial charge in [0.1, 0.15) is 11.6 Å². The van der Waals surface area contributed by atoms with E-state index >= 15 is 0 Å². The van der Waals surface area contributed by atoms with Crippen molar-refractivity contribution in [1.82, 2.24) is 19.4 Å². The highest BCUT2D eigenvalue weighted by molar-refractivity contribution is 6.23. The molecule has 0 aliphatic carbocycles. The molecule has 2 amide bonds. The van der Waals surface area contributed by atoms with E-state index in [-0.39, 0.29) is 16.9 Å². The molecule has 8 nitrogen and oxygen atoms in total. The van der Waals surface area contributed by atoms with Gasteiger partial charge in [-0.1, -0.05) is 6.07 Å². The van der Waals surface area contributed by atoms with Gasteiger partial charge >= 0.3 is 0 Å². The van der Waals surface area contributed by atoms with Crippen LogP contribution in [0.3, 0.4) is 0 Å². The van der Waals surface area contributed by atoms with E-state index in [4.69, 9.17) is 5.73 Å². The minimum atomic E-state index is -0.612. The first-order chi connectivity index (χ1) is 12.0. The Balaban J connectivity index is 1.94. The Labute approximate surface area is 141 Å². The zero-order chi connectivity index (χ0) is 17.7. The Morgan fingerprint density at radius 1 is 1.08 bits per heavy atom. The number of amides is 2. The highest BCUT2D eigenvalue weighted by atomic mass is 16.2. The van der Waals surface area contributed by atoms with Crippen LogP contribution in [0.25, 0.3) is 11.4 Å². The number of imide groups is 1. The summed E-state index contributed by atoms with van der Waals surface area (Å²) in [5.74, 6) is -0.492. The molecule has 8 heteroatoms. The summed E-state index contributed by atoms with van der Waals surface area (Å²) in [5, 5.41) is 2.15. The number of aryl methyl sites for hydroxylation is 1. The monoisotopic (exact) mass is 335 g/mol. The van der Waals surface area contributed by atoms with Crippen molar-refractivity contribution in [2.75, 3.05) is 5.73 Å². The average molecular weight is 335 g/mol. The zero-order valence-electron chi connectivity index (χ0n) is 13.2. The van der Waals surface area contributed by atoms with Crippen LogP contribution in [0.15, 0.2) is 47.5 Å². The van der Waals surface area contributed by atoms with E-state index in [0.717, 1.165) is 17.6 Å². The van der Waals surface area contributed by atoms with Gasteiger partial charge in [-0.15, -0.1) is 0 Å². The standard InChI is InChI=1S/C17H13N5O3/c1-9-19-5-6-21(9)10-3-2-4-11(7-10)22-13(23)8-12-14(15(22)18)17(25)20-16(12)24/h2-8H,18H2,1H3,(H,20,24,25). The highest BCUT2D eigenvalue weighted by Gasteiger charge is 2.31. The molecule has 0 unspecified atom stereocenters. The van der Waals surface area contributed by atoms with E-state index in [1.54, 1.807) is 30.6 Å². The van der Waals surface area contributed by atoms with Crippen LogP contribution < -0.4 is 16.6 Å². The Hall–Kier alpha value is -3.68. The van der Waals surface area contributed by atoms with E-state index in [1.165, 1.54) is 4.57 Å². The molecule has 3 aromatic rings. The number of hydrogen-bond donors (Lipinski definition) is 2. The largest absolute Gasteiger partial charge is 0.384 e. The van der Waals surface area contributed by atoms with Gasteiger partial charge in [-0.3, -0.25) is 24.3 Å². The Bertz CT molecular complexity index is 1110. The first-order valence-corrected chi connectivity index (χ1v) is 7.49. The molecule has 0 bridgehead atoms. The van der Waals surface area contributed by atoms with Gasteiger partial charge in [-0.05, 0) is 25.1 Å². The van der Waals surface area contributed by atoms with Gasteiger partial charge in [0.2, 0.25) is 0 Å². The first-order valence-electron chi connectivity index (χ1n) is 7.49. The SMILES string of the molecule is Cc1nccn1-c1cccc(-n2c(N)c3c(cc2=O)C(=O)NC3=O)c1. The van der Waals surface area contributed by atoms with Crippen molar-refractivity contribution in [3.63, 3.8) is 0 Å². The second-order valence-electron chi connectivity index (χ2n) is 5.64. The molecule has 124 valence electrons. The second-order valence-corrected chi connectivity index (χ2v) is 5.64. The van der Waals surface area contributed by atoms with E-state index in [2.05, 4.69) is 10.3 Å². The summed E-state index contributed by atoms with van der Waals surface area (Å²) in [7, 11) is 0. The van der Waals surface area contributed by atoms with Crippen molar-refractivity contribution >= 4 is 17.6 Å². The fourth-order valence-corrected chi connectivity index (χ4v) is 2.98. The molecule has 1 aromatic carbocycles. The van der Waals surface area contributed by atoms with Gasteiger partial charge in [-0.2, -0.15) is 0 Å². The van der Waals surface area contributed by atoms with Crippen LogP contribution in [0.2, 0.25) is 0 Å². The fraction of sp³-hybridized carbons (Fsp3) is 0.0588. The third-order valence-corrected chi connectivity index (χ3v) is 4.15. The van der Waals surface area contributed by atoms with E-state index in [9.17, 15) is 14.4 Å². The van der Waals surface area contributed by atoms with Gasteiger partial charge in [0.25, 0.3) is 17.4 Å². The predicted octanol–water partition coefficient (Wildman–Crippen LogP) is 0.797. The molecule has 0 saturated carbocycles. The molecule has 0 radical (unpaired) electrons. The topological polar surface area (TPSA) is 112 Å². The lowest BCUT2D eigenvalue weighted by molar-refractivity contribution is 0.0880. The quantitative estimate of drug-likeness (QED) is 0.673. The summed E-state index contributed by atoms with van der Waals surface area (Å²) in [5.41, 5.74) is 6.87. The number of benzene rings is 1. The van der Waals surface area contributed by atoms with Crippen LogP contribution in [-0.4, -0.2) is 25.9 Å². The normalized spacial score (nSPS) is 13.0. The number of nitrogens with two attached hydrogens (primary N) is 1. The Kier molecular flexibility index (Phi) is 3.08. The number of nitrogen functional groups attached to an aromatic ring is 1. The molecule has 3 heterocycles. The molecule has 2 aromatic heterocycles. The van der Waals surface area contributed by atoms with Crippen molar-refractivity contribution in [1.29, 1.82) is 0 Å². The summed E-state index contributed by atoms with van der Waals surface area (Å²) in [6.07, 6.45) is 3.48. The number of nitrogens with one attached hydrogen (secondary N) is 1. The lowest BCUT2D eigenvalue weighted by atomic mass is 10.1. The number of carbonyl (C=O) groups is 2. The number of pyridine rings is 1. The molecular weight excluding hydrogens is 322 g/mol. The van der Waals surface area contributed by atoms with Crippen LogP contribution in [0, 0.1) is 6.92 Å². The highest BCUT2D eigenvalue weighted by Crippen LogP contribution is 2.24. The average Bonchev–Trinajstić information content (AvgIpc) is 3.11. The fourth-order valence-electron chi connectivity index (χ4n) is 2.98. The molecule has 4 rings (SSSR count). The number of rotatable bonds is 2. The van der Waals surface area contributed by atoms with Crippen LogP contribution in [-0.2, 0) is 0 Å². The van der Waals surface area contributed by atoms with Crippen LogP contribution in [0.4, 0.5) is 5.82 Å². The van der Waals surface area contributed by atoms with Crippen molar-refractivity contribution in [3.05, 3.63) is 70.0 Å². The van der Waals surface area contributed by atoms with Gasteiger partial charge < -0.3 is 10.3 Å². The van der Waals surface area contributed by atoms with Gasteiger partial charge in [0.05, 0.1) is 16.8 Å². The van der Waals surface area contributed by atoms with Crippen molar-refractivity contribution < 1.29 is 9.59 Å². The summed E-state index contributed by atoms with van der Waals surface area (Å²) < 4.78 is 3.07. The maximum Gasteiger partial charge on any atom is 0.262 e. The second kappa shape index (κ2) is 5.17. The molecular formula is C17H13N5O3. The van der Waals surface area contributed by atoms with Gasteiger partial charge in [0, 0.05) is 24.1 Å². The van der Waals surface area contributed by atoms with Crippen molar-refractivity contribution in [3.8, 4) is 11.4 Å². The number of aromatic nitrogens is 3. The minimum Gasteiger partial charge on any atom is -0.384 e. The van der Waals surface area contributed by atoms with E-state index in [0.29, 0.717) is 5.69 Å². The molecule has 0 spiro atoms. The number of fused-ring (bicyclic) bond motifs is 1. The van der Waals surface area contributed by atoms with E-state index < -0.39 is 17.4 Å². The predicted molar refractivity (Wildman–Crippen MR) is 90.1 cm³/mol. The van der Waals surface area contributed by atoms with Crippen molar-refractivity contribution in [2.24, 2.45) is 0 Å². The maximum atomic E-state index is 12.5. The summed E-state index contributed by atoms with van der Waals surface area (Å²) in [4.78, 5) is 40.3. The summed E-state index contributed by atoms with van der Waals surface area (Å²) >= 11 is 0. The summed E-state index contributed by atoms with van der Waals surface area (Å²) in [6.45, 7) is 1.86. The maximum absolute atomic E-state index is 12.5. The Morgan fingerprint density at radius 2 is 1.84 bits per heavy atom. The number of hydrogen-bond acceptors (Lipinski definition) is 5. The van der Waals surface area contributed by atoms with E-state index in [1.807, 2.05) is 17.6 Å². The Morgan fingerprint density at radius 3 is 2.56 bits per heavy atom. The smallest absolute Gasteiger partial charge is 0.262 e. The molecule has 1 aliphatic heterocycles. The van der Waals surface area contributed by atoms with Crippen LogP contribution in [0.5, 0.6) is 0 Å². The van der Waals surface area contributed by atoms with Crippen LogP contribution in [0.1, 0.15) is 26.5 Å². The molecule has 0 saturated heterocycles. The minimum absolute atomic E-state index is 0.00496. The molecule has 25 heavy (non-hydrogen) atoms. The zero-order valence-corrected chi connectivity index (χ0v) is 13.2. The first kappa shape index (κ1) is 14.9. The molecule has 0 fully saturated rings. The third-order valence-electron chi connectivity index (χ3n) is 4.15. The number of anilines is 1. The molecule has 3 N–H and O–H groups in total. The van der Waals surface area contributed by atoms with Crippen LogP contribution >= 0.6 is 0 Å². The lowest BCUT2D eigenvalue weighted by Crippen LogP contribution is -2.24. The molecule has 0 atom stereocenters. The molecule has 1 aliphatic rings. The number of imidazole rings is 1. The van der Waals surface area contributed by atoms with Crippen molar-refractivity contribution in [2.45, 2.75) is 6.92 Å². The van der Waals surface area contributed by atoms with Gasteiger partial charge in [-0.25, -0.2) is 4.98 Å². The van der Waals surface area contributed by atoms with Gasteiger partial charge in [0.15, 0.2) is 0 Å². The number of carbonyl (C=O) groups excluding carboxylic acids is 2. The third kappa shape index (κ3) is 2.15. The lowest BCUT2D eigenvalue weighted by Gasteiger charge is -2.13.